The van der Waals surface area contributed by atoms with Crippen LogP contribution in [0.1, 0.15) is 88.6 Å². The van der Waals surface area contributed by atoms with Crippen molar-refractivity contribution in [3.05, 3.63) is 53.1 Å². The molecule has 244 valence electrons. The Morgan fingerprint density at radius 3 is 2.56 bits per heavy atom. The number of piperazine rings is 1. The number of nitrogens with zero attached hydrogens (tertiary/aromatic N) is 6. The highest BCUT2D eigenvalue weighted by atomic mass is 19.3. The molecule has 0 unspecified atom stereocenters. The van der Waals surface area contributed by atoms with Crippen LogP contribution < -0.4 is 4.90 Å². The summed E-state index contributed by atoms with van der Waals surface area (Å²) in [4.78, 5) is 55.9. The van der Waals surface area contributed by atoms with Crippen molar-refractivity contribution in [2.75, 3.05) is 37.6 Å². The van der Waals surface area contributed by atoms with E-state index < -0.39 is 23.0 Å². The first-order valence-corrected chi connectivity index (χ1v) is 15.7. The topological polar surface area (TPSA) is 99.2 Å². The Bertz CT molecular complexity index is 1480. The molecule has 3 aliphatic rings. The quantitative estimate of drug-likeness (QED) is 0.429. The summed E-state index contributed by atoms with van der Waals surface area (Å²) < 4.78 is 35.5. The summed E-state index contributed by atoms with van der Waals surface area (Å²) >= 11 is 0. The van der Waals surface area contributed by atoms with Gasteiger partial charge in [0.05, 0.1) is 30.0 Å². The average Bonchev–Trinajstić information content (AvgIpc) is 3.41. The molecule has 3 aliphatic heterocycles. The number of hydrogen-bond acceptors (Lipinski definition) is 7. The first-order chi connectivity index (χ1) is 21.0. The van der Waals surface area contributed by atoms with Crippen LogP contribution >= 0.6 is 0 Å². The Labute approximate surface area is 263 Å². The lowest BCUT2D eigenvalue weighted by Crippen LogP contribution is -2.63. The predicted octanol–water partition coefficient (Wildman–Crippen LogP) is 4.96. The highest BCUT2D eigenvalue weighted by Gasteiger charge is 2.44. The van der Waals surface area contributed by atoms with Crippen molar-refractivity contribution in [3.63, 3.8) is 0 Å². The van der Waals surface area contributed by atoms with Crippen molar-refractivity contribution < 1.29 is 27.9 Å². The van der Waals surface area contributed by atoms with Crippen LogP contribution in [-0.2, 0) is 27.4 Å². The molecular formula is C33H44F2N6O4. The maximum Gasteiger partial charge on any atom is 0.410 e. The third kappa shape index (κ3) is 6.66. The van der Waals surface area contributed by atoms with Gasteiger partial charge in [-0.2, -0.15) is 8.78 Å². The van der Waals surface area contributed by atoms with Crippen LogP contribution in [0.4, 0.5) is 19.3 Å². The number of alkyl halides is 2. The van der Waals surface area contributed by atoms with E-state index in [1.54, 1.807) is 40.0 Å². The second kappa shape index (κ2) is 11.9. The van der Waals surface area contributed by atoms with Crippen LogP contribution in [0.25, 0.3) is 0 Å². The fraction of sp³-hybridized carbons (Fsp3) is 0.606. The van der Waals surface area contributed by atoms with E-state index >= 15 is 0 Å². The lowest BCUT2D eigenvalue weighted by molar-refractivity contribution is -0.121. The normalized spacial score (nSPS) is 21.6. The zero-order chi connectivity index (χ0) is 32.9. The Kier molecular flexibility index (Phi) is 8.67. The van der Waals surface area contributed by atoms with Gasteiger partial charge in [-0.1, -0.05) is 27.2 Å². The van der Waals surface area contributed by atoms with E-state index in [2.05, 4.69) is 9.97 Å². The van der Waals surface area contributed by atoms with Gasteiger partial charge in [-0.05, 0) is 45.9 Å². The molecule has 5 rings (SSSR count). The lowest BCUT2D eigenvalue weighted by Gasteiger charge is -2.46. The van der Waals surface area contributed by atoms with Gasteiger partial charge >= 0.3 is 6.09 Å². The molecule has 0 bridgehead atoms. The number of anilines is 1. The summed E-state index contributed by atoms with van der Waals surface area (Å²) in [5.41, 5.74) is 0.955. The second-order valence-electron chi connectivity index (χ2n) is 14.2. The minimum absolute atomic E-state index is 0.0110. The van der Waals surface area contributed by atoms with Crippen LogP contribution in [0.15, 0.2) is 30.6 Å². The molecule has 0 aromatic carbocycles. The van der Waals surface area contributed by atoms with Crippen LogP contribution in [0.2, 0.25) is 0 Å². The van der Waals surface area contributed by atoms with Crippen LogP contribution in [-0.4, -0.2) is 93.0 Å². The van der Waals surface area contributed by atoms with Crippen molar-refractivity contribution in [2.24, 2.45) is 0 Å². The van der Waals surface area contributed by atoms with E-state index in [1.165, 1.54) is 12.3 Å². The van der Waals surface area contributed by atoms with E-state index in [0.29, 0.717) is 43.0 Å². The molecule has 10 nitrogen and oxygen atoms in total. The first kappa shape index (κ1) is 32.7. The Morgan fingerprint density at radius 1 is 1.16 bits per heavy atom. The zero-order valence-electron chi connectivity index (χ0n) is 27.3. The molecule has 12 heteroatoms. The summed E-state index contributed by atoms with van der Waals surface area (Å²) in [5, 5.41) is 0. The van der Waals surface area contributed by atoms with Crippen molar-refractivity contribution in [3.8, 4) is 0 Å². The van der Waals surface area contributed by atoms with Crippen molar-refractivity contribution in [1.82, 2.24) is 24.7 Å². The van der Waals surface area contributed by atoms with Gasteiger partial charge in [0.2, 0.25) is 5.91 Å². The van der Waals surface area contributed by atoms with E-state index in [1.807, 2.05) is 46.4 Å². The smallest absolute Gasteiger partial charge is 0.410 e. The van der Waals surface area contributed by atoms with Gasteiger partial charge in [-0.15, -0.1) is 0 Å². The number of halogens is 2. The monoisotopic (exact) mass is 626 g/mol. The van der Waals surface area contributed by atoms with Gasteiger partial charge in [0.15, 0.2) is 0 Å². The van der Waals surface area contributed by atoms with Crippen molar-refractivity contribution >= 4 is 23.6 Å². The summed E-state index contributed by atoms with van der Waals surface area (Å²) in [6, 6.07) is 4.19. The van der Waals surface area contributed by atoms with Gasteiger partial charge < -0.3 is 19.4 Å². The molecule has 45 heavy (non-hydrogen) atoms. The van der Waals surface area contributed by atoms with E-state index in [0.717, 1.165) is 5.56 Å². The molecule has 0 saturated carbocycles. The minimum Gasteiger partial charge on any atom is -0.444 e. The summed E-state index contributed by atoms with van der Waals surface area (Å²) in [5.74, 6) is -3.48. The fourth-order valence-electron chi connectivity index (χ4n) is 6.51. The van der Waals surface area contributed by atoms with Crippen LogP contribution in [0.5, 0.6) is 0 Å². The number of carbonyl (C=O) groups excluding carboxylic acids is 3. The van der Waals surface area contributed by atoms with E-state index in [-0.39, 0.29) is 55.6 Å². The number of ether oxygens (including phenoxy) is 1. The SMILES string of the molecule is CCCC(F)(F)c1cc2c(cn1)C(C)(C)CN2C(=O)CN1C[C@@H](C)N(C(=O)OC(C)(C)C)C[C@@H]1CN1Cc2ncccc2C1=O. The molecule has 0 aliphatic carbocycles. The van der Waals surface area contributed by atoms with Gasteiger partial charge in [-0.3, -0.25) is 24.5 Å². The Balaban J connectivity index is 1.40. The van der Waals surface area contributed by atoms with E-state index in [4.69, 9.17) is 4.74 Å². The minimum atomic E-state index is -3.10. The molecule has 0 radical (unpaired) electrons. The number of pyridine rings is 2. The molecule has 2 aromatic heterocycles. The molecule has 0 spiro atoms. The number of hydrogen-bond donors (Lipinski definition) is 0. The third-order valence-corrected chi connectivity index (χ3v) is 8.80. The number of carbonyl (C=O) groups is 3. The Hall–Kier alpha value is -3.67. The molecule has 2 aromatic rings. The summed E-state index contributed by atoms with van der Waals surface area (Å²) in [6.07, 6.45) is 2.66. The molecule has 1 fully saturated rings. The zero-order valence-corrected chi connectivity index (χ0v) is 27.3. The largest absolute Gasteiger partial charge is 0.444 e. The molecule has 0 N–H and O–H groups in total. The van der Waals surface area contributed by atoms with Crippen LogP contribution in [0.3, 0.4) is 0 Å². The van der Waals surface area contributed by atoms with Crippen molar-refractivity contribution in [1.29, 1.82) is 0 Å². The summed E-state index contributed by atoms with van der Waals surface area (Å²) in [6.45, 7) is 14.5. The lowest BCUT2D eigenvalue weighted by atomic mass is 9.88. The van der Waals surface area contributed by atoms with Gasteiger partial charge in [-0.25, -0.2) is 4.79 Å². The fourth-order valence-corrected chi connectivity index (χ4v) is 6.51. The van der Waals surface area contributed by atoms with Gasteiger partial charge in [0.25, 0.3) is 11.8 Å². The summed E-state index contributed by atoms with van der Waals surface area (Å²) in [7, 11) is 0. The molecular weight excluding hydrogens is 582 g/mol. The standard InChI is InChI=1S/C33H44F2N6O4/c1-8-11-33(34,35)27-13-26-24(14-37-27)32(6,7)20-41(26)28(42)19-38-15-21(2)40(30(44)45-31(3,4)5)17-22(38)16-39-18-25-23(29(39)43)10-9-12-36-25/h9-10,12-14,21-22H,8,11,15-20H2,1-7H3/t21-,22+/m1/s1. The molecule has 1 saturated heterocycles. The number of rotatable bonds is 7. The predicted molar refractivity (Wildman–Crippen MR) is 165 cm³/mol. The van der Waals surface area contributed by atoms with Gasteiger partial charge in [0.1, 0.15) is 11.3 Å². The Morgan fingerprint density at radius 2 is 1.89 bits per heavy atom. The highest BCUT2D eigenvalue weighted by Crippen LogP contribution is 2.43. The second-order valence-corrected chi connectivity index (χ2v) is 14.2. The van der Waals surface area contributed by atoms with E-state index in [9.17, 15) is 23.2 Å². The average molecular weight is 627 g/mol. The number of amides is 3. The number of fused-ring (bicyclic) bond motifs is 2. The maximum atomic E-state index is 14.9. The number of aromatic nitrogens is 2. The maximum absolute atomic E-state index is 14.9. The van der Waals surface area contributed by atoms with Crippen LogP contribution in [0, 0.1) is 0 Å². The molecule has 3 amide bonds. The highest BCUT2D eigenvalue weighted by molar-refractivity contribution is 5.98. The first-order valence-electron chi connectivity index (χ1n) is 15.7. The molecule has 5 heterocycles. The van der Waals surface area contributed by atoms with Crippen molar-refractivity contribution in [2.45, 2.75) is 96.9 Å². The third-order valence-electron chi connectivity index (χ3n) is 8.80. The molecule has 2 atom stereocenters. The van der Waals surface area contributed by atoms with Gasteiger partial charge in [0, 0.05) is 68.1 Å².